The van der Waals surface area contributed by atoms with E-state index in [-0.39, 0.29) is 6.61 Å². The van der Waals surface area contributed by atoms with Crippen molar-refractivity contribution in [2.75, 3.05) is 26.2 Å². The van der Waals surface area contributed by atoms with Gasteiger partial charge in [0, 0.05) is 11.9 Å². The largest absolute Gasteiger partial charge is 0.489 e. The number of fused-ring (bicyclic) bond motifs is 1. The number of aliphatic hydroxyl groups excluding tert-OH is 1. The fourth-order valence-electron chi connectivity index (χ4n) is 3.00. The van der Waals surface area contributed by atoms with Gasteiger partial charge in [-0.05, 0) is 37.4 Å². The average Bonchev–Trinajstić information content (AvgIpc) is 2.55. The molecule has 22 heavy (non-hydrogen) atoms. The fraction of sp³-hybridized carbons (Fsp3) is 0.444. The highest BCUT2D eigenvalue weighted by Gasteiger charge is 2.15. The average molecular weight is 320 g/mol. The first-order valence-corrected chi connectivity index (χ1v) is 8.32. The molecule has 3 rings (SSSR count). The zero-order valence-corrected chi connectivity index (χ0v) is 13.4. The van der Waals surface area contributed by atoms with Crippen LogP contribution in [-0.2, 0) is 0 Å². The summed E-state index contributed by atoms with van der Waals surface area (Å²) in [6, 6.07) is 11.8. The molecule has 118 valence electrons. The SMILES string of the molecule is O[C@@H](COc1ccc2ccccc2c1Cl)CN1CCCCC1. The number of likely N-dealkylation sites (tertiary alicyclic amines) is 1. The number of aliphatic hydroxyl groups is 1. The molecule has 1 atom stereocenters. The quantitative estimate of drug-likeness (QED) is 0.911. The van der Waals surface area contributed by atoms with E-state index in [1.807, 2.05) is 36.4 Å². The second-order valence-electron chi connectivity index (χ2n) is 5.92. The van der Waals surface area contributed by atoms with Gasteiger partial charge < -0.3 is 14.7 Å². The second kappa shape index (κ2) is 7.32. The summed E-state index contributed by atoms with van der Waals surface area (Å²) in [6.07, 6.45) is 3.27. The molecule has 1 saturated heterocycles. The van der Waals surface area contributed by atoms with Crippen molar-refractivity contribution in [2.24, 2.45) is 0 Å². The van der Waals surface area contributed by atoms with Crippen LogP contribution >= 0.6 is 11.6 Å². The van der Waals surface area contributed by atoms with Gasteiger partial charge in [0.25, 0.3) is 0 Å². The molecule has 0 spiro atoms. The third-order valence-corrected chi connectivity index (χ3v) is 4.57. The first-order valence-electron chi connectivity index (χ1n) is 7.94. The van der Waals surface area contributed by atoms with Crippen LogP contribution in [0.15, 0.2) is 36.4 Å². The van der Waals surface area contributed by atoms with E-state index in [4.69, 9.17) is 16.3 Å². The zero-order valence-electron chi connectivity index (χ0n) is 12.7. The smallest absolute Gasteiger partial charge is 0.138 e. The third kappa shape index (κ3) is 3.72. The Labute approximate surface area is 136 Å². The Hall–Kier alpha value is -1.29. The van der Waals surface area contributed by atoms with E-state index in [1.54, 1.807) is 0 Å². The van der Waals surface area contributed by atoms with Crippen LogP contribution in [0.1, 0.15) is 19.3 Å². The molecule has 2 aromatic rings. The number of benzene rings is 2. The summed E-state index contributed by atoms with van der Waals surface area (Å²) in [5, 5.41) is 12.8. The highest BCUT2D eigenvalue weighted by atomic mass is 35.5. The van der Waals surface area contributed by atoms with Crippen molar-refractivity contribution < 1.29 is 9.84 Å². The highest BCUT2D eigenvalue weighted by Crippen LogP contribution is 2.32. The van der Waals surface area contributed by atoms with E-state index >= 15 is 0 Å². The van der Waals surface area contributed by atoms with Crippen LogP contribution in [0.5, 0.6) is 5.75 Å². The zero-order chi connectivity index (χ0) is 15.4. The van der Waals surface area contributed by atoms with Gasteiger partial charge in [-0.2, -0.15) is 0 Å². The minimum absolute atomic E-state index is 0.272. The van der Waals surface area contributed by atoms with Crippen LogP contribution in [0.4, 0.5) is 0 Å². The molecule has 0 radical (unpaired) electrons. The number of hydrogen-bond donors (Lipinski definition) is 1. The molecule has 0 saturated carbocycles. The molecule has 0 unspecified atom stereocenters. The molecule has 1 fully saturated rings. The van der Waals surface area contributed by atoms with Crippen molar-refractivity contribution in [1.82, 2.24) is 4.90 Å². The number of rotatable bonds is 5. The standard InChI is InChI=1S/C18H22ClNO2/c19-18-16-7-3-2-6-14(16)8-9-17(18)22-13-15(21)12-20-10-4-1-5-11-20/h2-3,6-9,15,21H,1,4-5,10-13H2/t15-/m1/s1. The summed E-state index contributed by atoms with van der Waals surface area (Å²) in [7, 11) is 0. The third-order valence-electron chi connectivity index (χ3n) is 4.18. The maximum Gasteiger partial charge on any atom is 0.138 e. The molecule has 0 aromatic heterocycles. The number of nitrogens with zero attached hydrogens (tertiary/aromatic N) is 1. The molecular formula is C18H22ClNO2. The van der Waals surface area contributed by atoms with Crippen LogP contribution in [-0.4, -0.2) is 42.4 Å². The van der Waals surface area contributed by atoms with Gasteiger partial charge in [-0.25, -0.2) is 0 Å². The summed E-state index contributed by atoms with van der Waals surface area (Å²) in [4.78, 5) is 2.31. The molecule has 0 aliphatic carbocycles. The topological polar surface area (TPSA) is 32.7 Å². The lowest BCUT2D eigenvalue weighted by Crippen LogP contribution is -2.38. The number of ether oxygens (including phenoxy) is 1. The Balaban J connectivity index is 1.60. The molecule has 0 amide bonds. The predicted molar refractivity (Wildman–Crippen MR) is 90.8 cm³/mol. The van der Waals surface area contributed by atoms with Gasteiger partial charge in [0.2, 0.25) is 0 Å². The van der Waals surface area contributed by atoms with Crippen molar-refractivity contribution in [2.45, 2.75) is 25.4 Å². The van der Waals surface area contributed by atoms with Crippen LogP contribution in [0.3, 0.4) is 0 Å². The molecular weight excluding hydrogens is 298 g/mol. The number of halogens is 1. The van der Waals surface area contributed by atoms with Crippen molar-refractivity contribution in [3.63, 3.8) is 0 Å². The molecule has 1 N–H and O–H groups in total. The Kier molecular flexibility index (Phi) is 5.19. The Bertz CT molecular complexity index is 626. The summed E-state index contributed by atoms with van der Waals surface area (Å²) in [5.74, 6) is 0.637. The minimum atomic E-state index is -0.486. The van der Waals surface area contributed by atoms with E-state index in [1.165, 1.54) is 19.3 Å². The van der Waals surface area contributed by atoms with Crippen molar-refractivity contribution in [1.29, 1.82) is 0 Å². The number of piperidine rings is 1. The minimum Gasteiger partial charge on any atom is -0.489 e. The first-order chi connectivity index (χ1) is 10.7. The Morgan fingerprint density at radius 2 is 1.86 bits per heavy atom. The monoisotopic (exact) mass is 319 g/mol. The van der Waals surface area contributed by atoms with Crippen LogP contribution in [0.25, 0.3) is 10.8 Å². The summed E-state index contributed by atoms with van der Waals surface area (Å²) >= 11 is 6.40. The molecule has 4 heteroatoms. The van der Waals surface area contributed by atoms with Crippen molar-refractivity contribution >= 4 is 22.4 Å². The van der Waals surface area contributed by atoms with E-state index in [0.717, 1.165) is 23.9 Å². The molecule has 3 nitrogen and oxygen atoms in total. The molecule has 0 bridgehead atoms. The van der Waals surface area contributed by atoms with Gasteiger partial charge in [0.05, 0.1) is 5.02 Å². The normalized spacial score (nSPS) is 17.5. The predicted octanol–water partition coefficient (Wildman–Crippen LogP) is 3.72. The fourth-order valence-corrected chi connectivity index (χ4v) is 3.29. The van der Waals surface area contributed by atoms with Crippen LogP contribution < -0.4 is 4.74 Å². The number of β-amino-alcohol motifs (C(OH)–C–C–N with tert-alkyl or cyclic N) is 1. The molecule has 2 aromatic carbocycles. The van der Waals surface area contributed by atoms with E-state index in [2.05, 4.69) is 4.90 Å². The maximum atomic E-state index is 10.2. The van der Waals surface area contributed by atoms with E-state index in [9.17, 15) is 5.11 Å². The van der Waals surface area contributed by atoms with Gasteiger partial charge in [-0.15, -0.1) is 0 Å². The second-order valence-corrected chi connectivity index (χ2v) is 6.30. The van der Waals surface area contributed by atoms with Crippen LogP contribution in [0, 0.1) is 0 Å². The summed E-state index contributed by atoms with van der Waals surface area (Å²) < 4.78 is 5.74. The molecule has 1 aliphatic rings. The highest BCUT2D eigenvalue weighted by molar-refractivity contribution is 6.37. The van der Waals surface area contributed by atoms with Gasteiger partial charge in [0.1, 0.15) is 18.5 Å². The van der Waals surface area contributed by atoms with Crippen LogP contribution in [0.2, 0.25) is 5.02 Å². The van der Waals surface area contributed by atoms with Crippen molar-refractivity contribution in [3.05, 3.63) is 41.4 Å². The van der Waals surface area contributed by atoms with Crippen molar-refractivity contribution in [3.8, 4) is 5.75 Å². The lowest BCUT2D eigenvalue weighted by atomic mass is 10.1. The lowest BCUT2D eigenvalue weighted by Gasteiger charge is -2.28. The first kappa shape index (κ1) is 15.6. The van der Waals surface area contributed by atoms with E-state index < -0.39 is 6.10 Å². The summed E-state index contributed by atoms with van der Waals surface area (Å²) in [5.41, 5.74) is 0. The molecule has 1 heterocycles. The van der Waals surface area contributed by atoms with Gasteiger partial charge in [-0.3, -0.25) is 0 Å². The van der Waals surface area contributed by atoms with E-state index in [0.29, 0.717) is 17.3 Å². The molecule has 1 aliphatic heterocycles. The van der Waals surface area contributed by atoms with Gasteiger partial charge >= 0.3 is 0 Å². The van der Waals surface area contributed by atoms with Gasteiger partial charge in [0.15, 0.2) is 0 Å². The Morgan fingerprint density at radius 3 is 2.68 bits per heavy atom. The summed E-state index contributed by atoms with van der Waals surface area (Å²) in [6.45, 7) is 3.10. The Morgan fingerprint density at radius 1 is 1.09 bits per heavy atom. The maximum absolute atomic E-state index is 10.2. The van der Waals surface area contributed by atoms with Gasteiger partial charge in [-0.1, -0.05) is 48.4 Å². The number of hydrogen-bond acceptors (Lipinski definition) is 3. The lowest BCUT2D eigenvalue weighted by molar-refractivity contribution is 0.0618.